The van der Waals surface area contributed by atoms with Gasteiger partial charge in [-0.05, 0) is 37.7 Å². The number of hydrogen-bond donors (Lipinski definition) is 1. The molecule has 0 radical (unpaired) electrons. The molecule has 1 aliphatic rings. The van der Waals surface area contributed by atoms with E-state index in [1.165, 1.54) is 17.9 Å². The first kappa shape index (κ1) is 10.4. The highest BCUT2D eigenvalue weighted by Crippen LogP contribution is 2.28. The smallest absolute Gasteiger partial charge is 0.0812 e. The van der Waals surface area contributed by atoms with Gasteiger partial charge in [-0.1, -0.05) is 0 Å². The lowest BCUT2D eigenvalue weighted by Crippen LogP contribution is -2.40. The predicted molar refractivity (Wildman–Crippen MR) is 54.6 cm³/mol. The molecule has 12 heavy (non-hydrogen) atoms. The standard InChI is InChI=1S/C9H19NOS/c1-2-11-9(8-10)4-3-6-12-7-5-9/h2-8,10H2,1H3. The number of ether oxygens (including phenoxy) is 1. The largest absolute Gasteiger partial charge is 0.374 e. The van der Waals surface area contributed by atoms with Crippen molar-refractivity contribution < 1.29 is 4.74 Å². The molecule has 0 saturated carbocycles. The Kier molecular flexibility index (Phi) is 4.40. The van der Waals surface area contributed by atoms with Crippen LogP contribution in [-0.2, 0) is 4.74 Å². The van der Waals surface area contributed by atoms with E-state index in [1.54, 1.807) is 0 Å². The Hall–Kier alpha value is 0.270. The summed E-state index contributed by atoms with van der Waals surface area (Å²) >= 11 is 2.02. The summed E-state index contributed by atoms with van der Waals surface area (Å²) in [6.07, 6.45) is 3.52. The molecule has 2 nitrogen and oxygen atoms in total. The molecule has 1 heterocycles. The SMILES string of the molecule is CCOC1(CN)CCCSCC1. The molecule has 0 bridgehead atoms. The molecule has 1 saturated heterocycles. The molecule has 1 aliphatic heterocycles. The van der Waals surface area contributed by atoms with Crippen LogP contribution >= 0.6 is 11.8 Å². The van der Waals surface area contributed by atoms with E-state index in [1.807, 2.05) is 11.8 Å². The van der Waals surface area contributed by atoms with E-state index < -0.39 is 0 Å². The average molecular weight is 189 g/mol. The number of rotatable bonds is 3. The minimum absolute atomic E-state index is 0.0122. The van der Waals surface area contributed by atoms with Crippen molar-refractivity contribution in [1.82, 2.24) is 0 Å². The lowest BCUT2D eigenvalue weighted by Gasteiger charge is -2.30. The van der Waals surface area contributed by atoms with Crippen molar-refractivity contribution in [1.29, 1.82) is 0 Å². The van der Waals surface area contributed by atoms with Crippen molar-refractivity contribution in [2.24, 2.45) is 5.73 Å². The molecule has 1 atom stereocenters. The number of nitrogens with two attached hydrogens (primary N) is 1. The van der Waals surface area contributed by atoms with Gasteiger partial charge in [0.2, 0.25) is 0 Å². The first-order valence-electron chi connectivity index (χ1n) is 4.75. The molecular formula is C9H19NOS. The van der Waals surface area contributed by atoms with Crippen molar-refractivity contribution in [2.45, 2.75) is 31.8 Å². The Balaban J connectivity index is 2.48. The highest BCUT2D eigenvalue weighted by atomic mass is 32.2. The van der Waals surface area contributed by atoms with Crippen LogP contribution in [0.15, 0.2) is 0 Å². The van der Waals surface area contributed by atoms with Crippen LogP contribution in [0, 0.1) is 0 Å². The summed E-state index contributed by atoms with van der Waals surface area (Å²) in [5, 5.41) is 0. The van der Waals surface area contributed by atoms with Gasteiger partial charge in [-0.15, -0.1) is 0 Å². The monoisotopic (exact) mass is 189 g/mol. The normalized spacial score (nSPS) is 31.5. The van der Waals surface area contributed by atoms with Gasteiger partial charge in [0.25, 0.3) is 0 Å². The first-order valence-corrected chi connectivity index (χ1v) is 5.90. The van der Waals surface area contributed by atoms with Crippen LogP contribution in [0.25, 0.3) is 0 Å². The average Bonchev–Trinajstić information content (AvgIpc) is 2.32. The van der Waals surface area contributed by atoms with Crippen LogP contribution in [0.5, 0.6) is 0 Å². The molecule has 2 N–H and O–H groups in total. The summed E-state index contributed by atoms with van der Waals surface area (Å²) in [7, 11) is 0. The molecule has 0 spiro atoms. The molecular weight excluding hydrogens is 170 g/mol. The lowest BCUT2D eigenvalue weighted by atomic mass is 9.95. The van der Waals surface area contributed by atoms with E-state index in [2.05, 4.69) is 6.92 Å². The number of thioether (sulfide) groups is 1. The van der Waals surface area contributed by atoms with E-state index in [0.29, 0.717) is 6.54 Å². The Morgan fingerprint density at radius 1 is 1.42 bits per heavy atom. The summed E-state index contributed by atoms with van der Waals surface area (Å²) in [4.78, 5) is 0. The summed E-state index contributed by atoms with van der Waals surface area (Å²) < 4.78 is 5.76. The van der Waals surface area contributed by atoms with Crippen molar-refractivity contribution in [2.75, 3.05) is 24.7 Å². The van der Waals surface area contributed by atoms with Crippen molar-refractivity contribution in [3.8, 4) is 0 Å². The Morgan fingerprint density at radius 2 is 2.25 bits per heavy atom. The maximum atomic E-state index is 5.76. The van der Waals surface area contributed by atoms with Gasteiger partial charge in [0, 0.05) is 13.2 Å². The molecule has 1 fully saturated rings. The van der Waals surface area contributed by atoms with Gasteiger partial charge >= 0.3 is 0 Å². The molecule has 72 valence electrons. The van der Waals surface area contributed by atoms with Crippen molar-refractivity contribution in [3.63, 3.8) is 0 Å². The Morgan fingerprint density at radius 3 is 2.92 bits per heavy atom. The third-order valence-electron chi connectivity index (χ3n) is 2.45. The predicted octanol–water partition coefficient (Wildman–Crippen LogP) is 1.64. The minimum Gasteiger partial charge on any atom is -0.374 e. The highest BCUT2D eigenvalue weighted by Gasteiger charge is 2.29. The summed E-state index contributed by atoms with van der Waals surface area (Å²) in [5.74, 6) is 2.48. The zero-order valence-electron chi connectivity index (χ0n) is 7.84. The van der Waals surface area contributed by atoms with Crippen LogP contribution in [0.3, 0.4) is 0 Å². The molecule has 0 aromatic heterocycles. The topological polar surface area (TPSA) is 35.2 Å². The van der Waals surface area contributed by atoms with Crippen LogP contribution in [-0.4, -0.2) is 30.3 Å². The van der Waals surface area contributed by atoms with Gasteiger partial charge in [-0.25, -0.2) is 0 Å². The molecule has 1 unspecified atom stereocenters. The fraction of sp³-hybridized carbons (Fsp3) is 1.00. The highest BCUT2D eigenvalue weighted by molar-refractivity contribution is 7.99. The van der Waals surface area contributed by atoms with Gasteiger partial charge in [-0.2, -0.15) is 11.8 Å². The second-order valence-corrected chi connectivity index (χ2v) is 4.51. The maximum Gasteiger partial charge on any atom is 0.0812 e. The maximum absolute atomic E-state index is 5.76. The Bertz CT molecular complexity index is 122. The van der Waals surface area contributed by atoms with Gasteiger partial charge < -0.3 is 10.5 Å². The Labute approximate surface area is 79.2 Å². The quantitative estimate of drug-likeness (QED) is 0.733. The second kappa shape index (κ2) is 5.10. The molecule has 0 aliphatic carbocycles. The van der Waals surface area contributed by atoms with Gasteiger partial charge in [0.1, 0.15) is 0 Å². The van der Waals surface area contributed by atoms with Crippen LogP contribution in [0.4, 0.5) is 0 Å². The zero-order chi connectivity index (χ0) is 8.86. The van der Waals surface area contributed by atoms with Gasteiger partial charge in [0.15, 0.2) is 0 Å². The molecule has 0 amide bonds. The van der Waals surface area contributed by atoms with Gasteiger partial charge in [0.05, 0.1) is 5.60 Å². The van der Waals surface area contributed by atoms with E-state index in [0.717, 1.165) is 19.4 Å². The van der Waals surface area contributed by atoms with Crippen molar-refractivity contribution >= 4 is 11.8 Å². The fourth-order valence-corrected chi connectivity index (χ4v) is 2.76. The minimum atomic E-state index is 0.0122. The molecule has 3 heteroatoms. The second-order valence-electron chi connectivity index (χ2n) is 3.29. The van der Waals surface area contributed by atoms with E-state index >= 15 is 0 Å². The van der Waals surface area contributed by atoms with Crippen LogP contribution in [0.2, 0.25) is 0 Å². The fourth-order valence-electron chi connectivity index (χ4n) is 1.70. The number of hydrogen-bond acceptors (Lipinski definition) is 3. The van der Waals surface area contributed by atoms with Crippen molar-refractivity contribution in [3.05, 3.63) is 0 Å². The molecule has 0 aromatic carbocycles. The van der Waals surface area contributed by atoms with E-state index in [4.69, 9.17) is 10.5 Å². The summed E-state index contributed by atoms with van der Waals surface area (Å²) in [5.41, 5.74) is 5.77. The molecule has 0 aromatic rings. The van der Waals surface area contributed by atoms with Crippen LogP contribution in [0.1, 0.15) is 26.2 Å². The molecule has 1 rings (SSSR count). The summed E-state index contributed by atoms with van der Waals surface area (Å²) in [6.45, 7) is 3.53. The third-order valence-corrected chi connectivity index (χ3v) is 3.52. The first-order chi connectivity index (χ1) is 5.83. The van der Waals surface area contributed by atoms with Crippen LogP contribution < -0.4 is 5.73 Å². The zero-order valence-corrected chi connectivity index (χ0v) is 8.66. The lowest BCUT2D eigenvalue weighted by molar-refractivity contribution is -0.0396. The van der Waals surface area contributed by atoms with Gasteiger partial charge in [-0.3, -0.25) is 0 Å². The third kappa shape index (κ3) is 2.64. The van der Waals surface area contributed by atoms with E-state index in [9.17, 15) is 0 Å². The summed E-state index contributed by atoms with van der Waals surface area (Å²) in [6, 6.07) is 0. The van der Waals surface area contributed by atoms with E-state index in [-0.39, 0.29) is 5.60 Å².